The average molecular weight is 799 g/mol. The Morgan fingerprint density at radius 2 is 0.926 bits per heavy atom. The lowest BCUT2D eigenvalue weighted by molar-refractivity contribution is -0.397. The van der Waals surface area contributed by atoms with E-state index in [4.69, 9.17) is 37.9 Å². The minimum atomic E-state index is -2.22. The maximum atomic E-state index is 11.7. The normalized spacial score (nSPS) is 48.6. The summed E-state index contributed by atoms with van der Waals surface area (Å²) in [5, 5.41) is 166. The first-order valence-corrected chi connectivity index (χ1v) is 17.3. The van der Waals surface area contributed by atoms with E-state index in [1.54, 1.807) is 0 Å². The molecule has 0 spiro atoms. The fourth-order valence-corrected chi connectivity index (χ4v) is 6.47. The van der Waals surface area contributed by atoms with Crippen LogP contribution in [-0.2, 0) is 37.9 Å². The molecule has 0 aliphatic carbocycles. The Morgan fingerprint density at radius 3 is 1.44 bits per heavy atom. The molecular formula is C30H54O24. The van der Waals surface area contributed by atoms with Gasteiger partial charge < -0.3 is 120 Å². The lowest BCUT2D eigenvalue weighted by Gasteiger charge is -2.49. The zero-order valence-corrected chi connectivity index (χ0v) is 29.1. The summed E-state index contributed by atoms with van der Waals surface area (Å²) in [5.41, 5.74) is 0. The Labute approximate surface area is 307 Å². The number of hydrogen-bond donors (Lipinski definition) is 16. The molecule has 16 N–H and O–H groups in total. The number of ether oxygens (including phenoxy) is 8. The summed E-state index contributed by atoms with van der Waals surface area (Å²) in [6.45, 7) is -1.48. The highest BCUT2D eigenvalue weighted by atomic mass is 16.8. The molecule has 0 radical (unpaired) electrons. The van der Waals surface area contributed by atoms with Crippen LogP contribution in [0.25, 0.3) is 0 Å². The molecule has 24 atom stereocenters. The van der Waals surface area contributed by atoms with Gasteiger partial charge in [-0.1, -0.05) is 0 Å². The molecule has 0 aromatic rings. The second kappa shape index (κ2) is 19.7. The van der Waals surface area contributed by atoms with Crippen LogP contribution in [0.3, 0.4) is 0 Å². The fraction of sp³-hybridized carbons (Fsp3) is 1.00. The van der Waals surface area contributed by atoms with Crippen molar-refractivity contribution in [2.45, 2.75) is 161 Å². The first-order chi connectivity index (χ1) is 25.4. The summed E-state index contributed by atoms with van der Waals surface area (Å²) in [4.78, 5) is 0. The third-order valence-electron chi connectivity index (χ3n) is 9.91. The first-order valence-electron chi connectivity index (χ1n) is 17.3. The number of hydrogen-bond acceptors (Lipinski definition) is 24. The van der Waals surface area contributed by atoms with E-state index < -0.39 is 174 Å². The van der Waals surface area contributed by atoms with Gasteiger partial charge in [-0.3, -0.25) is 0 Å². The van der Waals surface area contributed by atoms with Crippen LogP contribution in [0.5, 0.6) is 0 Å². The highest BCUT2D eigenvalue weighted by Crippen LogP contribution is 2.35. The van der Waals surface area contributed by atoms with Crippen molar-refractivity contribution in [2.24, 2.45) is 0 Å². The van der Waals surface area contributed by atoms with Gasteiger partial charge in [-0.05, 0) is 13.8 Å². The molecule has 0 unspecified atom stereocenters. The highest BCUT2D eigenvalue weighted by molar-refractivity contribution is 4.98. The van der Waals surface area contributed by atoms with Crippen molar-refractivity contribution in [1.82, 2.24) is 0 Å². The van der Waals surface area contributed by atoms with E-state index in [1.807, 2.05) is 0 Å². The van der Waals surface area contributed by atoms with Crippen LogP contribution in [0.2, 0.25) is 0 Å². The molecule has 4 heterocycles. The van der Waals surface area contributed by atoms with Gasteiger partial charge in [0.2, 0.25) is 0 Å². The summed E-state index contributed by atoms with van der Waals surface area (Å²) >= 11 is 0. The van der Waals surface area contributed by atoms with Crippen LogP contribution < -0.4 is 0 Å². The van der Waals surface area contributed by atoms with E-state index in [0.29, 0.717) is 0 Å². The van der Waals surface area contributed by atoms with Crippen molar-refractivity contribution >= 4 is 0 Å². The van der Waals surface area contributed by atoms with Crippen LogP contribution in [0.4, 0.5) is 0 Å². The zero-order valence-electron chi connectivity index (χ0n) is 29.1. The summed E-state index contributed by atoms with van der Waals surface area (Å²) < 4.78 is 45.1. The Balaban J connectivity index is 1.69. The van der Waals surface area contributed by atoms with Crippen LogP contribution in [0, 0.1) is 0 Å². The summed E-state index contributed by atoms with van der Waals surface area (Å²) in [6, 6.07) is 0. The first kappa shape index (κ1) is 45.7. The molecule has 0 bridgehead atoms. The van der Waals surface area contributed by atoms with E-state index >= 15 is 0 Å². The van der Waals surface area contributed by atoms with Gasteiger partial charge in [-0.15, -0.1) is 0 Å². The molecule has 4 rings (SSSR count). The second-order valence-corrected chi connectivity index (χ2v) is 13.7. The van der Waals surface area contributed by atoms with Crippen molar-refractivity contribution in [3.8, 4) is 0 Å². The van der Waals surface area contributed by atoms with E-state index in [9.17, 15) is 81.7 Å². The quantitative estimate of drug-likeness (QED) is 0.0731. The smallest absolute Gasteiger partial charge is 0.187 e. The van der Waals surface area contributed by atoms with E-state index in [1.165, 1.54) is 13.8 Å². The van der Waals surface area contributed by atoms with Gasteiger partial charge in [0.1, 0.15) is 110 Å². The van der Waals surface area contributed by atoms with Crippen molar-refractivity contribution in [1.29, 1.82) is 0 Å². The maximum absolute atomic E-state index is 11.7. The molecule has 0 aromatic carbocycles. The molecule has 4 aliphatic rings. The zero-order chi connectivity index (χ0) is 40.3. The molecule has 4 aliphatic heterocycles. The highest BCUT2D eigenvalue weighted by Gasteiger charge is 2.55. The average Bonchev–Trinajstić information content (AvgIpc) is 3.16. The van der Waals surface area contributed by atoms with Crippen LogP contribution in [0.15, 0.2) is 0 Å². The molecular weight excluding hydrogens is 744 g/mol. The molecule has 4 saturated heterocycles. The predicted octanol–water partition coefficient (Wildman–Crippen LogP) is -10.2. The van der Waals surface area contributed by atoms with Gasteiger partial charge in [0, 0.05) is 0 Å². The molecule has 0 saturated carbocycles. The van der Waals surface area contributed by atoms with Crippen molar-refractivity contribution in [3.63, 3.8) is 0 Å². The number of aliphatic hydroxyl groups excluding tert-OH is 16. The van der Waals surface area contributed by atoms with Gasteiger partial charge in [0.05, 0.1) is 38.6 Å². The molecule has 24 heteroatoms. The van der Waals surface area contributed by atoms with Gasteiger partial charge in [-0.25, -0.2) is 0 Å². The minimum Gasteiger partial charge on any atom is -0.394 e. The van der Waals surface area contributed by atoms with Gasteiger partial charge in [0.25, 0.3) is 0 Å². The molecule has 54 heavy (non-hydrogen) atoms. The molecule has 4 fully saturated rings. The number of rotatable bonds is 15. The van der Waals surface area contributed by atoms with E-state index in [-0.39, 0.29) is 0 Å². The van der Waals surface area contributed by atoms with E-state index in [0.717, 1.165) is 0 Å². The van der Waals surface area contributed by atoms with E-state index in [2.05, 4.69) is 0 Å². The molecule has 0 aromatic heterocycles. The third-order valence-corrected chi connectivity index (χ3v) is 9.91. The SMILES string of the molecule is C[C@H]1O[C@H](O[C@H]2[C@H](O[C@@H]([C@@H](O)[C@H](O)CO)[C@H](CO)O[C@H]3O[C@H](C)[C@H](O)[C@H](O)[C@H]3O)O[C@H](CO)[C@H](O[C@H]3O[C@H](CO)[C@H](O)[C@H](O)[C@H]3O)[C@@H]2O)[C@H](O)[C@@H](O)[C@H]1O. The molecule has 318 valence electrons. The largest absolute Gasteiger partial charge is 0.394 e. The standard InChI is InChI=1S/C30H54O24/c1-7-13(36)17(40)20(43)27(47-7)50-11(5-33)24(15(38)9(35)3-31)53-30-26(54-28-21(44)18(41)14(37)8(2)48-28)23(46)25(12(6-34)51-30)52-29-22(45)19(42)16(39)10(4-32)49-29/h7-46H,3-6H2,1-2H3/t7-,8-,9-,10-,11+,12-,13+,14+,15+,16+,17+,18+,19+,20-,21-,22-,23+,24-,25+,26-,27-,28-,29-,30+/m1/s1. The lowest BCUT2D eigenvalue weighted by atomic mass is 9.95. The van der Waals surface area contributed by atoms with Crippen molar-refractivity contribution in [2.75, 3.05) is 26.4 Å². The van der Waals surface area contributed by atoms with Crippen LogP contribution in [-0.4, -0.2) is 255 Å². The van der Waals surface area contributed by atoms with Crippen molar-refractivity contribution in [3.05, 3.63) is 0 Å². The van der Waals surface area contributed by atoms with Crippen LogP contribution in [0.1, 0.15) is 13.8 Å². The van der Waals surface area contributed by atoms with Crippen molar-refractivity contribution < 1.29 is 120 Å². The Hall–Kier alpha value is -0.960. The summed E-state index contributed by atoms with van der Waals surface area (Å²) in [5.74, 6) is 0. The van der Waals surface area contributed by atoms with Crippen LogP contribution >= 0.6 is 0 Å². The fourth-order valence-electron chi connectivity index (χ4n) is 6.47. The Bertz CT molecular complexity index is 1130. The van der Waals surface area contributed by atoms with Gasteiger partial charge in [0.15, 0.2) is 25.2 Å². The molecule has 0 amide bonds. The summed E-state index contributed by atoms with van der Waals surface area (Å²) in [6.07, 6.45) is -44.0. The Kier molecular flexibility index (Phi) is 16.7. The van der Waals surface area contributed by atoms with Gasteiger partial charge >= 0.3 is 0 Å². The molecule has 24 nitrogen and oxygen atoms in total. The second-order valence-electron chi connectivity index (χ2n) is 13.7. The minimum absolute atomic E-state index is 0.859. The number of aliphatic hydroxyl groups is 16. The predicted molar refractivity (Wildman–Crippen MR) is 166 cm³/mol. The summed E-state index contributed by atoms with van der Waals surface area (Å²) in [7, 11) is 0. The topological polar surface area (TPSA) is 398 Å². The third kappa shape index (κ3) is 9.66. The lowest BCUT2D eigenvalue weighted by Crippen LogP contribution is -2.67. The van der Waals surface area contributed by atoms with Gasteiger partial charge in [-0.2, -0.15) is 0 Å². The Morgan fingerprint density at radius 1 is 0.463 bits per heavy atom. The monoisotopic (exact) mass is 798 g/mol. The maximum Gasteiger partial charge on any atom is 0.187 e.